The van der Waals surface area contributed by atoms with E-state index >= 15 is 0 Å². The van der Waals surface area contributed by atoms with Crippen LogP contribution in [-0.2, 0) is 0 Å². The maximum absolute atomic E-state index is 13.6. The summed E-state index contributed by atoms with van der Waals surface area (Å²) in [6, 6.07) is 9.02. The summed E-state index contributed by atoms with van der Waals surface area (Å²) in [6.07, 6.45) is 1.25. The number of nitro benzene ring substituents is 1. The first kappa shape index (κ1) is 14.2. The molecule has 0 aliphatic rings. The van der Waals surface area contributed by atoms with Crippen molar-refractivity contribution >= 4 is 39.7 Å². The monoisotopic (exact) mass is 318 g/mol. The number of nitro groups is 1. The molecule has 0 atom stereocenters. The van der Waals surface area contributed by atoms with Gasteiger partial charge < -0.3 is 5.32 Å². The quantitative estimate of drug-likeness (QED) is 0.581. The number of hydrogen-bond acceptors (Lipinski definition) is 5. The Morgan fingerprint density at radius 1 is 1.23 bits per heavy atom. The van der Waals surface area contributed by atoms with Gasteiger partial charge in [-0.1, -0.05) is 17.7 Å². The standard InChI is InChI=1S/C14H8ClFN4O2/c15-8-2-1-3-9(4-8)19-14-10-5-13(20(21)22)11(16)6-12(10)17-7-18-14/h1-7H,(H,17,18,19). The summed E-state index contributed by atoms with van der Waals surface area (Å²) in [5.74, 6) is -0.611. The van der Waals surface area contributed by atoms with E-state index in [2.05, 4.69) is 15.3 Å². The minimum absolute atomic E-state index is 0.266. The molecule has 3 rings (SSSR count). The highest BCUT2D eigenvalue weighted by Crippen LogP contribution is 2.29. The summed E-state index contributed by atoms with van der Waals surface area (Å²) in [5.41, 5.74) is 0.290. The zero-order chi connectivity index (χ0) is 15.7. The van der Waals surface area contributed by atoms with Crippen LogP contribution in [0.3, 0.4) is 0 Å². The summed E-state index contributed by atoms with van der Waals surface area (Å²) < 4.78 is 13.6. The second-order valence-electron chi connectivity index (χ2n) is 4.44. The lowest BCUT2D eigenvalue weighted by Gasteiger charge is -2.08. The highest BCUT2D eigenvalue weighted by atomic mass is 35.5. The number of aromatic nitrogens is 2. The van der Waals surface area contributed by atoms with Gasteiger partial charge in [0.2, 0.25) is 5.82 Å². The van der Waals surface area contributed by atoms with Crippen LogP contribution in [0, 0.1) is 15.9 Å². The number of anilines is 2. The first-order valence-electron chi connectivity index (χ1n) is 6.16. The van der Waals surface area contributed by atoms with E-state index in [1.807, 2.05) is 0 Å². The first-order chi connectivity index (χ1) is 10.5. The highest BCUT2D eigenvalue weighted by molar-refractivity contribution is 6.30. The minimum atomic E-state index is -0.940. The molecule has 1 heterocycles. The number of rotatable bonds is 3. The van der Waals surface area contributed by atoms with Crippen LogP contribution < -0.4 is 5.32 Å². The lowest BCUT2D eigenvalue weighted by molar-refractivity contribution is -0.387. The maximum Gasteiger partial charge on any atom is 0.305 e. The Labute approximate surface area is 128 Å². The lowest BCUT2D eigenvalue weighted by Crippen LogP contribution is -1.98. The van der Waals surface area contributed by atoms with E-state index in [4.69, 9.17) is 11.6 Å². The van der Waals surface area contributed by atoms with Crippen molar-refractivity contribution in [3.63, 3.8) is 0 Å². The molecule has 1 N–H and O–H groups in total. The Morgan fingerprint density at radius 2 is 2.05 bits per heavy atom. The second-order valence-corrected chi connectivity index (χ2v) is 4.87. The van der Waals surface area contributed by atoms with Crippen LogP contribution in [0.2, 0.25) is 5.02 Å². The SMILES string of the molecule is O=[N+]([O-])c1cc2c(Nc3cccc(Cl)c3)ncnc2cc1F. The largest absolute Gasteiger partial charge is 0.340 e. The van der Waals surface area contributed by atoms with Crippen molar-refractivity contribution in [2.45, 2.75) is 0 Å². The van der Waals surface area contributed by atoms with Gasteiger partial charge in [-0.3, -0.25) is 10.1 Å². The molecule has 3 aromatic rings. The molecule has 0 unspecified atom stereocenters. The van der Waals surface area contributed by atoms with E-state index in [0.29, 0.717) is 21.9 Å². The van der Waals surface area contributed by atoms with Crippen LogP contribution in [0.15, 0.2) is 42.7 Å². The average molecular weight is 319 g/mol. The molecule has 0 bridgehead atoms. The molecule has 0 aliphatic carbocycles. The molecule has 0 fully saturated rings. The summed E-state index contributed by atoms with van der Waals surface area (Å²) in [6.45, 7) is 0. The highest BCUT2D eigenvalue weighted by Gasteiger charge is 2.17. The Balaban J connectivity index is 2.13. The van der Waals surface area contributed by atoms with Crippen molar-refractivity contribution in [2.75, 3.05) is 5.32 Å². The van der Waals surface area contributed by atoms with Gasteiger partial charge in [0, 0.05) is 22.8 Å². The third-order valence-electron chi connectivity index (χ3n) is 2.99. The lowest BCUT2D eigenvalue weighted by atomic mass is 10.2. The van der Waals surface area contributed by atoms with Gasteiger partial charge in [0.05, 0.1) is 15.8 Å². The van der Waals surface area contributed by atoms with E-state index in [1.165, 1.54) is 6.33 Å². The molecule has 22 heavy (non-hydrogen) atoms. The zero-order valence-corrected chi connectivity index (χ0v) is 11.7. The molecule has 2 aromatic carbocycles. The second kappa shape index (κ2) is 5.53. The van der Waals surface area contributed by atoms with Crippen LogP contribution in [0.1, 0.15) is 0 Å². The van der Waals surface area contributed by atoms with Crippen molar-refractivity contribution in [1.82, 2.24) is 9.97 Å². The van der Waals surface area contributed by atoms with Gasteiger partial charge in [-0.15, -0.1) is 0 Å². The van der Waals surface area contributed by atoms with Gasteiger partial charge in [-0.2, -0.15) is 4.39 Å². The van der Waals surface area contributed by atoms with Gasteiger partial charge in [0.15, 0.2) is 0 Å². The summed E-state index contributed by atoms with van der Waals surface area (Å²) >= 11 is 5.91. The molecule has 0 saturated carbocycles. The molecular formula is C14H8ClFN4O2. The predicted octanol–water partition coefficient (Wildman–Crippen LogP) is 4.07. The topological polar surface area (TPSA) is 81.0 Å². The van der Waals surface area contributed by atoms with Crippen molar-refractivity contribution in [2.24, 2.45) is 0 Å². The van der Waals surface area contributed by atoms with Crippen LogP contribution >= 0.6 is 11.6 Å². The van der Waals surface area contributed by atoms with Crippen LogP contribution in [0.25, 0.3) is 10.9 Å². The van der Waals surface area contributed by atoms with E-state index in [0.717, 1.165) is 12.1 Å². The Morgan fingerprint density at radius 3 is 2.77 bits per heavy atom. The predicted molar refractivity (Wildman–Crippen MR) is 80.9 cm³/mol. The van der Waals surface area contributed by atoms with Crippen molar-refractivity contribution in [3.05, 3.63) is 63.7 Å². The number of fused-ring (bicyclic) bond motifs is 1. The Kier molecular flexibility index (Phi) is 3.56. The Hall–Kier alpha value is -2.80. The third-order valence-corrected chi connectivity index (χ3v) is 3.22. The van der Waals surface area contributed by atoms with Crippen molar-refractivity contribution < 1.29 is 9.31 Å². The number of benzene rings is 2. The number of halogens is 2. The normalized spacial score (nSPS) is 10.6. The molecule has 0 amide bonds. The van der Waals surface area contributed by atoms with Gasteiger partial charge in [0.1, 0.15) is 12.1 Å². The Bertz CT molecular complexity index is 888. The van der Waals surface area contributed by atoms with E-state index < -0.39 is 16.4 Å². The van der Waals surface area contributed by atoms with Crippen LogP contribution in [0.5, 0.6) is 0 Å². The first-order valence-corrected chi connectivity index (χ1v) is 6.53. The van der Waals surface area contributed by atoms with E-state index in [-0.39, 0.29) is 5.52 Å². The van der Waals surface area contributed by atoms with Crippen LogP contribution in [-0.4, -0.2) is 14.9 Å². The van der Waals surface area contributed by atoms with E-state index in [9.17, 15) is 14.5 Å². The van der Waals surface area contributed by atoms with Gasteiger partial charge in [0.25, 0.3) is 0 Å². The molecule has 0 aliphatic heterocycles. The molecule has 0 spiro atoms. The smallest absolute Gasteiger partial charge is 0.305 e. The van der Waals surface area contributed by atoms with Crippen molar-refractivity contribution in [3.8, 4) is 0 Å². The summed E-state index contributed by atoms with van der Waals surface area (Å²) in [4.78, 5) is 18.1. The summed E-state index contributed by atoms with van der Waals surface area (Å²) in [7, 11) is 0. The fraction of sp³-hybridized carbons (Fsp3) is 0. The van der Waals surface area contributed by atoms with Crippen LogP contribution in [0.4, 0.5) is 21.6 Å². The zero-order valence-electron chi connectivity index (χ0n) is 11.0. The minimum Gasteiger partial charge on any atom is -0.340 e. The third kappa shape index (κ3) is 2.66. The number of nitrogens with zero attached hydrogens (tertiary/aromatic N) is 3. The number of hydrogen-bond donors (Lipinski definition) is 1. The maximum atomic E-state index is 13.6. The van der Waals surface area contributed by atoms with Gasteiger partial charge in [-0.25, -0.2) is 9.97 Å². The number of nitrogens with one attached hydrogen (secondary N) is 1. The molecule has 0 saturated heterocycles. The van der Waals surface area contributed by atoms with Gasteiger partial charge in [-0.05, 0) is 18.2 Å². The fourth-order valence-electron chi connectivity index (χ4n) is 2.01. The molecule has 1 aromatic heterocycles. The molecule has 110 valence electrons. The summed E-state index contributed by atoms with van der Waals surface area (Å²) in [5, 5.41) is 14.7. The molecular weight excluding hydrogens is 311 g/mol. The van der Waals surface area contributed by atoms with Crippen molar-refractivity contribution in [1.29, 1.82) is 0 Å². The molecule has 6 nitrogen and oxygen atoms in total. The fourth-order valence-corrected chi connectivity index (χ4v) is 2.20. The molecule has 0 radical (unpaired) electrons. The molecule has 8 heteroatoms. The average Bonchev–Trinajstić information content (AvgIpc) is 2.46. The van der Waals surface area contributed by atoms with E-state index in [1.54, 1.807) is 24.3 Å². The van der Waals surface area contributed by atoms with Gasteiger partial charge >= 0.3 is 5.69 Å².